The summed E-state index contributed by atoms with van der Waals surface area (Å²) in [5, 5.41) is 17.0. The average Bonchev–Trinajstić information content (AvgIpc) is 2.95. The normalized spacial score (nSPS) is 12.8. The van der Waals surface area contributed by atoms with Gasteiger partial charge in [-0.25, -0.2) is 0 Å². The van der Waals surface area contributed by atoms with Crippen LogP contribution in [-0.2, 0) is 5.75 Å². The van der Waals surface area contributed by atoms with E-state index in [0.717, 1.165) is 22.8 Å². The highest BCUT2D eigenvalue weighted by molar-refractivity contribution is 7.98. The fraction of sp³-hybridized carbons (Fsp3) is 0.538. The van der Waals surface area contributed by atoms with E-state index >= 15 is 0 Å². The summed E-state index contributed by atoms with van der Waals surface area (Å²) in [6.07, 6.45) is 0. The monoisotopic (exact) mass is 282 g/mol. The second kappa shape index (κ2) is 6.25. The SMILES string of the molecule is Cc1cc(-c2nnc(CSCC(C)CO)o2)c(C)o1. The van der Waals surface area contributed by atoms with Crippen molar-refractivity contribution in [2.45, 2.75) is 26.5 Å². The number of hydrogen-bond donors (Lipinski definition) is 1. The van der Waals surface area contributed by atoms with Gasteiger partial charge >= 0.3 is 0 Å². The van der Waals surface area contributed by atoms with Gasteiger partial charge in [0.05, 0.1) is 11.3 Å². The Morgan fingerprint density at radius 3 is 2.74 bits per heavy atom. The van der Waals surface area contributed by atoms with E-state index < -0.39 is 0 Å². The van der Waals surface area contributed by atoms with E-state index in [9.17, 15) is 0 Å². The molecule has 1 unspecified atom stereocenters. The number of aromatic nitrogens is 2. The van der Waals surface area contributed by atoms with Gasteiger partial charge < -0.3 is 13.9 Å². The molecule has 0 spiro atoms. The lowest BCUT2D eigenvalue weighted by atomic mass is 10.2. The summed E-state index contributed by atoms with van der Waals surface area (Å²) in [6, 6.07) is 1.90. The molecule has 5 nitrogen and oxygen atoms in total. The van der Waals surface area contributed by atoms with Gasteiger partial charge in [0.1, 0.15) is 11.5 Å². The Hall–Kier alpha value is -1.27. The second-order valence-corrected chi connectivity index (χ2v) is 5.66. The fourth-order valence-electron chi connectivity index (χ4n) is 1.66. The van der Waals surface area contributed by atoms with Gasteiger partial charge in [0.2, 0.25) is 5.89 Å². The average molecular weight is 282 g/mol. The number of rotatable bonds is 6. The molecule has 0 aliphatic rings. The molecule has 0 aromatic carbocycles. The minimum atomic E-state index is 0.204. The van der Waals surface area contributed by atoms with Crippen LogP contribution in [0.4, 0.5) is 0 Å². The van der Waals surface area contributed by atoms with Crippen LogP contribution < -0.4 is 0 Å². The summed E-state index contributed by atoms with van der Waals surface area (Å²) in [7, 11) is 0. The smallest absolute Gasteiger partial charge is 0.251 e. The Balaban J connectivity index is 1.97. The summed E-state index contributed by atoms with van der Waals surface area (Å²) in [4.78, 5) is 0. The van der Waals surface area contributed by atoms with Gasteiger partial charge in [0.25, 0.3) is 5.89 Å². The first kappa shape index (κ1) is 14.1. The molecule has 2 rings (SSSR count). The van der Waals surface area contributed by atoms with Crippen LogP contribution in [0.5, 0.6) is 0 Å². The van der Waals surface area contributed by atoms with Crippen LogP contribution in [0.2, 0.25) is 0 Å². The summed E-state index contributed by atoms with van der Waals surface area (Å²) < 4.78 is 11.1. The molecule has 2 aromatic rings. The number of aliphatic hydroxyl groups excluding tert-OH is 1. The third-order valence-corrected chi connectivity index (χ3v) is 3.93. The van der Waals surface area contributed by atoms with Gasteiger partial charge in [-0.05, 0) is 31.6 Å². The van der Waals surface area contributed by atoms with Gasteiger partial charge in [-0.2, -0.15) is 11.8 Å². The molecule has 1 N–H and O–H groups in total. The van der Waals surface area contributed by atoms with Crippen molar-refractivity contribution >= 4 is 11.8 Å². The van der Waals surface area contributed by atoms with Crippen LogP contribution in [-0.4, -0.2) is 27.7 Å². The molecule has 0 fully saturated rings. The lowest BCUT2D eigenvalue weighted by molar-refractivity contribution is 0.250. The van der Waals surface area contributed by atoms with Crippen LogP contribution in [0.15, 0.2) is 14.9 Å². The van der Waals surface area contributed by atoms with Crippen molar-refractivity contribution in [3.8, 4) is 11.5 Å². The highest BCUT2D eigenvalue weighted by Crippen LogP contribution is 2.26. The maximum absolute atomic E-state index is 8.94. The zero-order valence-corrected chi connectivity index (χ0v) is 12.2. The van der Waals surface area contributed by atoms with Crippen molar-refractivity contribution in [2.75, 3.05) is 12.4 Å². The summed E-state index contributed by atoms with van der Waals surface area (Å²) in [5.41, 5.74) is 0.852. The number of furan rings is 1. The van der Waals surface area contributed by atoms with Crippen LogP contribution in [0, 0.1) is 19.8 Å². The van der Waals surface area contributed by atoms with Gasteiger partial charge in [0, 0.05) is 6.61 Å². The Kier molecular flexibility index (Phi) is 4.66. The molecule has 0 saturated heterocycles. The van der Waals surface area contributed by atoms with Gasteiger partial charge in [-0.3, -0.25) is 0 Å². The quantitative estimate of drug-likeness (QED) is 0.878. The maximum atomic E-state index is 8.94. The molecule has 6 heteroatoms. The molecule has 0 amide bonds. The lowest BCUT2D eigenvalue weighted by Crippen LogP contribution is -2.03. The van der Waals surface area contributed by atoms with Crippen LogP contribution in [0.1, 0.15) is 24.3 Å². The predicted octanol–water partition coefficient (Wildman–Crippen LogP) is 2.81. The third-order valence-electron chi connectivity index (χ3n) is 2.68. The van der Waals surface area contributed by atoms with E-state index in [1.165, 1.54) is 0 Å². The van der Waals surface area contributed by atoms with Crippen LogP contribution >= 0.6 is 11.8 Å². The molecule has 2 heterocycles. The summed E-state index contributed by atoms with van der Waals surface area (Å²) in [6.45, 7) is 5.98. The van der Waals surface area contributed by atoms with E-state index in [4.69, 9.17) is 13.9 Å². The largest absolute Gasteiger partial charge is 0.466 e. The molecule has 0 aliphatic carbocycles. The van der Waals surface area contributed by atoms with Crippen molar-refractivity contribution in [2.24, 2.45) is 5.92 Å². The minimum Gasteiger partial charge on any atom is -0.466 e. The number of thioether (sulfide) groups is 1. The number of aliphatic hydroxyl groups is 1. The summed E-state index contributed by atoms with van der Waals surface area (Å²) >= 11 is 1.68. The number of nitrogens with zero attached hydrogens (tertiary/aromatic N) is 2. The maximum Gasteiger partial charge on any atom is 0.251 e. The molecule has 0 saturated carbocycles. The molecule has 0 radical (unpaired) electrons. The zero-order chi connectivity index (χ0) is 13.8. The Morgan fingerprint density at radius 2 is 2.11 bits per heavy atom. The predicted molar refractivity (Wildman–Crippen MR) is 73.9 cm³/mol. The van der Waals surface area contributed by atoms with Gasteiger partial charge in [-0.1, -0.05) is 6.92 Å². The summed E-state index contributed by atoms with van der Waals surface area (Å²) in [5.74, 6) is 4.54. The molecule has 0 bridgehead atoms. The van der Waals surface area contributed by atoms with E-state index in [2.05, 4.69) is 10.2 Å². The van der Waals surface area contributed by atoms with Crippen molar-refractivity contribution in [1.29, 1.82) is 0 Å². The van der Waals surface area contributed by atoms with Crippen molar-refractivity contribution in [3.63, 3.8) is 0 Å². The molecular weight excluding hydrogens is 264 g/mol. The molecular formula is C13H18N2O3S. The minimum absolute atomic E-state index is 0.204. The van der Waals surface area contributed by atoms with Gasteiger partial charge in [0.15, 0.2) is 0 Å². The first-order valence-corrected chi connectivity index (χ1v) is 7.34. The molecule has 2 aromatic heterocycles. The highest BCUT2D eigenvalue weighted by atomic mass is 32.2. The van der Waals surface area contributed by atoms with Crippen LogP contribution in [0.3, 0.4) is 0 Å². The van der Waals surface area contributed by atoms with Gasteiger partial charge in [-0.15, -0.1) is 10.2 Å². The first-order valence-electron chi connectivity index (χ1n) is 6.18. The first-order chi connectivity index (χ1) is 9.10. The fourth-order valence-corrected chi connectivity index (χ4v) is 2.58. The van der Waals surface area contributed by atoms with E-state index in [0.29, 0.717) is 17.5 Å². The Morgan fingerprint density at radius 1 is 1.32 bits per heavy atom. The lowest BCUT2D eigenvalue weighted by Gasteiger charge is -2.04. The number of aryl methyl sites for hydroxylation is 2. The zero-order valence-electron chi connectivity index (χ0n) is 11.3. The molecule has 19 heavy (non-hydrogen) atoms. The number of hydrogen-bond acceptors (Lipinski definition) is 6. The molecule has 1 atom stereocenters. The van der Waals surface area contributed by atoms with Crippen molar-refractivity contribution in [1.82, 2.24) is 10.2 Å². The van der Waals surface area contributed by atoms with Crippen molar-refractivity contribution < 1.29 is 13.9 Å². The molecule has 0 aliphatic heterocycles. The Labute approximate surface area is 116 Å². The van der Waals surface area contributed by atoms with Crippen molar-refractivity contribution in [3.05, 3.63) is 23.5 Å². The standard InChI is InChI=1S/C13H18N2O3S/c1-8(5-16)6-19-7-12-14-15-13(18-12)11-4-9(2)17-10(11)3/h4,8,16H,5-7H2,1-3H3. The van der Waals surface area contributed by atoms with E-state index in [1.807, 2.05) is 26.8 Å². The van der Waals surface area contributed by atoms with Crippen LogP contribution in [0.25, 0.3) is 11.5 Å². The second-order valence-electron chi connectivity index (χ2n) is 4.63. The Bertz CT molecular complexity index is 536. The molecule has 104 valence electrons. The van der Waals surface area contributed by atoms with E-state index in [1.54, 1.807) is 11.8 Å². The highest BCUT2D eigenvalue weighted by Gasteiger charge is 2.14. The third kappa shape index (κ3) is 3.61. The topological polar surface area (TPSA) is 72.3 Å². The van der Waals surface area contributed by atoms with E-state index in [-0.39, 0.29) is 12.5 Å².